The smallest absolute Gasteiger partial charge is 0.419 e. The number of aryl methyl sites for hydroxylation is 1. The van der Waals surface area contributed by atoms with E-state index in [2.05, 4.69) is 4.98 Å². The number of hydrogen-bond acceptors (Lipinski definition) is 5. The summed E-state index contributed by atoms with van der Waals surface area (Å²) in [5.41, 5.74) is 2.37. The summed E-state index contributed by atoms with van der Waals surface area (Å²) in [5, 5.41) is 8.65. The molecule has 1 amide bonds. The van der Waals surface area contributed by atoms with Crippen LogP contribution in [-0.2, 0) is 14.3 Å². The second-order valence-corrected chi connectivity index (χ2v) is 7.76. The number of aromatic nitrogens is 1. The lowest BCUT2D eigenvalue weighted by Gasteiger charge is -2.29. The summed E-state index contributed by atoms with van der Waals surface area (Å²) < 4.78 is 10.9. The molecule has 3 rings (SSSR count). The maximum Gasteiger partial charge on any atom is 0.419 e. The van der Waals surface area contributed by atoms with Crippen LogP contribution in [0.3, 0.4) is 0 Å². The molecule has 1 heterocycles. The lowest BCUT2D eigenvalue weighted by molar-refractivity contribution is -0.142. The van der Waals surface area contributed by atoms with Crippen LogP contribution in [0.5, 0.6) is 0 Å². The molecule has 0 radical (unpaired) electrons. The van der Waals surface area contributed by atoms with Crippen LogP contribution in [-0.4, -0.2) is 42.0 Å². The van der Waals surface area contributed by atoms with Crippen molar-refractivity contribution in [2.75, 3.05) is 24.7 Å². The predicted molar refractivity (Wildman–Crippen MR) is 113 cm³/mol. The maximum atomic E-state index is 13.0. The van der Waals surface area contributed by atoms with Crippen LogP contribution < -0.4 is 4.90 Å². The summed E-state index contributed by atoms with van der Waals surface area (Å²) in [7, 11) is 0. The van der Waals surface area contributed by atoms with Gasteiger partial charge < -0.3 is 14.6 Å². The Hall–Kier alpha value is -2.93. The Kier molecular flexibility index (Phi) is 7.79. The molecule has 7 heteroatoms. The van der Waals surface area contributed by atoms with Gasteiger partial charge in [0.1, 0.15) is 6.61 Å². The van der Waals surface area contributed by atoms with Crippen molar-refractivity contribution in [2.24, 2.45) is 11.8 Å². The van der Waals surface area contributed by atoms with Gasteiger partial charge in [0.05, 0.1) is 30.8 Å². The fourth-order valence-corrected chi connectivity index (χ4v) is 3.73. The second kappa shape index (κ2) is 10.7. The number of anilines is 2. The summed E-state index contributed by atoms with van der Waals surface area (Å²) in [4.78, 5) is 29.3. The summed E-state index contributed by atoms with van der Waals surface area (Å²) in [6.07, 6.45) is 6.76. The molecule has 1 N–H and O–H groups in total. The Morgan fingerprint density at radius 3 is 2.33 bits per heavy atom. The number of amides is 1. The Bertz CT molecular complexity index is 834. The van der Waals surface area contributed by atoms with Gasteiger partial charge in [-0.25, -0.2) is 14.5 Å². The first-order valence-corrected chi connectivity index (χ1v) is 10.3. The molecule has 1 aliphatic carbocycles. The molecule has 1 aromatic heterocycles. The Morgan fingerprint density at radius 1 is 1.03 bits per heavy atom. The molecule has 0 spiro atoms. The highest BCUT2D eigenvalue weighted by molar-refractivity contribution is 5.95. The minimum Gasteiger partial charge on any atom is -0.480 e. The molecular formula is C23H28N2O5. The average Bonchev–Trinajstić information content (AvgIpc) is 2.74. The van der Waals surface area contributed by atoms with Crippen molar-refractivity contribution in [1.82, 2.24) is 4.98 Å². The van der Waals surface area contributed by atoms with Gasteiger partial charge in [0.2, 0.25) is 0 Å². The number of para-hydroxylation sites is 1. The van der Waals surface area contributed by atoms with Gasteiger partial charge >= 0.3 is 12.1 Å². The van der Waals surface area contributed by atoms with Crippen molar-refractivity contribution in [3.63, 3.8) is 0 Å². The van der Waals surface area contributed by atoms with Crippen LogP contribution in [0.25, 0.3) is 0 Å². The van der Waals surface area contributed by atoms with Crippen molar-refractivity contribution < 1.29 is 24.2 Å². The number of ether oxygens (including phenoxy) is 2. The molecule has 0 aliphatic heterocycles. The third-order valence-electron chi connectivity index (χ3n) is 5.30. The van der Waals surface area contributed by atoms with Crippen LogP contribution in [0.4, 0.5) is 16.2 Å². The molecule has 160 valence electrons. The quantitative estimate of drug-likeness (QED) is 0.683. The van der Waals surface area contributed by atoms with Gasteiger partial charge in [0.15, 0.2) is 0 Å². The van der Waals surface area contributed by atoms with Crippen molar-refractivity contribution in [3.05, 3.63) is 54.4 Å². The number of carbonyl (C=O) groups excluding carboxylic acids is 1. The normalized spacial score (nSPS) is 18.6. The first-order chi connectivity index (χ1) is 14.5. The molecule has 1 saturated carbocycles. The van der Waals surface area contributed by atoms with Crippen molar-refractivity contribution in [2.45, 2.75) is 32.6 Å². The van der Waals surface area contributed by atoms with Gasteiger partial charge in [-0.2, -0.15) is 0 Å². The monoisotopic (exact) mass is 412 g/mol. The maximum absolute atomic E-state index is 13.0. The minimum absolute atomic E-state index is 0.249. The van der Waals surface area contributed by atoms with Crippen molar-refractivity contribution in [3.8, 4) is 0 Å². The van der Waals surface area contributed by atoms with Crippen LogP contribution >= 0.6 is 0 Å². The minimum atomic E-state index is -0.942. The summed E-state index contributed by atoms with van der Waals surface area (Å²) in [6, 6.07) is 11.3. The SMILES string of the molecule is Cc1cncc(N(C(=O)OCC2CCC(COCC(=O)O)CC2)c2ccccc2)c1. The van der Waals surface area contributed by atoms with E-state index in [1.165, 1.54) is 0 Å². The molecular weight excluding hydrogens is 384 g/mol. The number of benzene rings is 1. The highest BCUT2D eigenvalue weighted by atomic mass is 16.6. The Labute approximate surface area is 176 Å². The Morgan fingerprint density at radius 2 is 1.70 bits per heavy atom. The van der Waals surface area contributed by atoms with E-state index in [0.29, 0.717) is 30.7 Å². The molecule has 1 aromatic carbocycles. The third-order valence-corrected chi connectivity index (χ3v) is 5.30. The lowest BCUT2D eigenvalue weighted by atomic mass is 9.83. The Balaban J connectivity index is 1.55. The number of carbonyl (C=O) groups is 2. The molecule has 1 aliphatic rings. The van der Waals surface area contributed by atoms with Crippen LogP contribution in [0.15, 0.2) is 48.8 Å². The number of carboxylic acid groups (broad SMARTS) is 1. The molecule has 0 atom stereocenters. The molecule has 7 nitrogen and oxygen atoms in total. The van der Waals surface area contributed by atoms with Gasteiger partial charge in [-0.05, 0) is 68.2 Å². The predicted octanol–water partition coefficient (Wildman–Crippen LogP) is 4.57. The first kappa shape index (κ1) is 21.8. The lowest BCUT2D eigenvalue weighted by Crippen LogP contribution is -2.30. The molecule has 0 unspecified atom stereocenters. The van der Waals surface area contributed by atoms with E-state index >= 15 is 0 Å². The van der Waals surface area contributed by atoms with Crippen LogP contribution in [0.1, 0.15) is 31.2 Å². The van der Waals surface area contributed by atoms with E-state index < -0.39 is 12.1 Å². The molecule has 30 heavy (non-hydrogen) atoms. The number of rotatable bonds is 8. The molecule has 2 aromatic rings. The fourth-order valence-electron chi connectivity index (χ4n) is 3.73. The standard InChI is InChI=1S/C23H28N2O5/c1-17-11-21(13-24-12-17)25(20-5-3-2-4-6-20)23(28)30-15-19-9-7-18(8-10-19)14-29-16-22(26)27/h2-6,11-13,18-19H,7-10,14-16H2,1H3,(H,26,27). The zero-order valence-corrected chi connectivity index (χ0v) is 17.2. The third kappa shape index (κ3) is 6.29. The second-order valence-electron chi connectivity index (χ2n) is 7.76. The molecule has 1 fully saturated rings. The van der Waals surface area contributed by atoms with Crippen LogP contribution in [0.2, 0.25) is 0 Å². The van der Waals surface area contributed by atoms with Crippen molar-refractivity contribution >= 4 is 23.4 Å². The van der Waals surface area contributed by atoms with Gasteiger partial charge in [0.25, 0.3) is 0 Å². The summed E-state index contributed by atoms with van der Waals surface area (Å²) >= 11 is 0. The van der Waals surface area contributed by atoms with E-state index in [9.17, 15) is 9.59 Å². The molecule has 0 bridgehead atoms. The highest BCUT2D eigenvalue weighted by Crippen LogP contribution is 2.30. The van der Waals surface area contributed by atoms with E-state index in [4.69, 9.17) is 14.6 Å². The van der Waals surface area contributed by atoms with Gasteiger partial charge in [-0.1, -0.05) is 18.2 Å². The number of pyridine rings is 1. The van der Waals surface area contributed by atoms with Gasteiger partial charge in [0, 0.05) is 6.20 Å². The van der Waals surface area contributed by atoms with E-state index in [1.54, 1.807) is 17.3 Å². The average molecular weight is 412 g/mol. The number of carboxylic acids is 1. The zero-order valence-electron chi connectivity index (χ0n) is 17.2. The van der Waals surface area contributed by atoms with E-state index in [1.807, 2.05) is 43.3 Å². The first-order valence-electron chi connectivity index (χ1n) is 10.3. The summed E-state index contributed by atoms with van der Waals surface area (Å²) in [5.74, 6) is -0.268. The van der Waals surface area contributed by atoms with E-state index in [0.717, 1.165) is 36.9 Å². The number of aliphatic carboxylic acids is 1. The molecule has 0 saturated heterocycles. The van der Waals surface area contributed by atoms with Crippen LogP contribution in [0, 0.1) is 18.8 Å². The topological polar surface area (TPSA) is 89.0 Å². The largest absolute Gasteiger partial charge is 0.480 e. The van der Waals surface area contributed by atoms with Crippen molar-refractivity contribution in [1.29, 1.82) is 0 Å². The highest BCUT2D eigenvalue weighted by Gasteiger charge is 2.25. The summed E-state index contributed by atoms with van der Waals surface area (Å²) in [6.45, 7) is 2.52. The number of hydrogen-bond donors (Lipinski definition) is 1. The number of nitrogens with zero attached hydrogens (tertiary/aromatic N) is 2. The van der Waals surface area contributed by atoms with Gasteiger partial charge in [-0.15, -0.1) is 0 Å². The van der Waals surface area contributed by atoms with Gasteiger partial charge in [-0.3, -0.25) is 4.98 Å². The van der Waals surface area contributed by atoms with E-state index in [-0.39, 0.29) is 6.61 Å². The zero-order chi connectivity index (χ0) is 21.3. The fraction of sp³-hybridized carbons (Fsp3) is 0.435.